The number of methoxy groups -OCH3 is 1. The van der Waals surface area contributed by atoms with E-state index in [0.29, 0.717) is 21.5 Å². The molecule has 0 saturated heterocycles. The fraction of sp³-hybridized carbons (Fsp3) is 0.321. The van der Waals surface area contributed by atoms with Crippen LogP contribution >= 0.6 is 11.3 Å². The number of unbranched alkanes of at least 4 members (excludes halogenated alkanes) is 1. The topological polar surface area (TPSA) is 122 Å². The molecule has 2 heterocycles. The molecule has 0 spiro atoms. The van der Waals surface area contributed by atoms with E-state index in [1.165, 1.54) is 35.1 Å². The van der Waals surface area contributed by atoms with Gasteiger partial charge in [-0.3, -0.25) is 19.5 Å². The number of allylic oxidation sites excluding steroid dienone is 1. The van der Waals surface area contributed by atoms with Crippen molar-refractivity contribution >= 4 is 34.8 Å². The third kappa shape index (κ3) is 5.63. The van der Waals surface area contributed by atoms with Gasteiger partial charge in [-0.25, -0.2) is 9.79 Å². The van der Waals surface area contributed by atoms with E-state index in [2.05, 4.69) is 4.99 Å². The normalized spacial score (nSPS) is 15.0. The third-order valence-electron chi connectivity index (χ3n) is 6.20. The molecule has 2 aromatic carbocycles. The average Bonchev–Trinajstić information content (AvgIpc) is 3.25. The maximum Gasteiger partial charge on any atom is 0.338 e. The predicted octanol–water partition coefficient (Wildman–Crippen LogP) is 4.15. The summed E-state index contributed by atoms with van der Waals surface area (Å²) in [7, 11) is 1.43. The van der Waals surface area contributed by atoms with Gasteiger partial charge in [0.05, 0.1) is 40.4 Å². The number of nitrogens with zero attached hydrogens (tertiary/aromatic N) is 3. The van der Waals surface area contributed by atoms with E-state index in [0.717, 1.165) is 12.0 Å². The Morgan fingerprint density at radius 1 is 1.21 bits per heavy atom. The van der Waals surface area contributed by atoms with Gasteiger partial charge >= 0.3 is 5.97 Å². The van der Waals surface area contributed by atoms with Crippen LogP contribution in [0.3, 0.4) is 0 Å². The van der Waals surface area contributed by atoms with Gasteiger partial charge in [0, 0.05) is 5.70 Å². The smallest absolute Gasteiger partial charge is 0.338 e. The minimum absolute atomic E-state index is 0.0504. The van der Waals surface area contributed by atoms with E-state index in [9.17, 15) is 19.7 Å². The number of fused-ring (bicyclic) bond motifs is 1. The maximum absolute atomic E-state index is 13.2. The molecule has 0 bridgehead atoms. The van der Waals surface area contributed by atoms with Crippen molar-refractivity contribution < 1.29 is 23.9 Å². The molecule has 1 aromatic heterocycles. The Morgan fingerprint density at radius 3 is 2.59 bits per heavy atom. The van der Waals surface area contributed by atoms with E-state index in [-0.39, 0.29) is 47.1 Å². The number of aromatic nitrogens is 1. The number of benzene rings is 2. The molecule has 0 amide bonds. The highest BCUT2D eigenvalue weighted by molar-refractivity contribution is 7.07. The molecule has 3 aromatic rings. The van der Waals surface area contributed by atoms with Crippen LogP contribution in [0.1, 0.15) is 50.8 Å². The monoisotopic (exact) mass is 551 g/mol. The highest BCUT2D eigenvalue weighted by Crippen LogP contribution is 2.43. The number of nitro benzene ring substituents is 1. The molecule has 0 aliphatic carbocycles. The Balaban J connectivity index is 1.91. The van der Waals surface area contributed by atoms with Crippen LogP contribution in [0.15, 0.2) is 57.8 Å². The van der Waals surface area contributed by atoms with Crippen molar-refractivity contribution in [2.24, 2.45) is 4.99 Å². The molecule has 0 fully saturated rings. The number of carbonyl (C=O) groups excluding carboxylic acids is 1. The van der Waals surface area contributed by atoms with Gasteiger partial charge in [0.15, 0.2) is 16.3 Å². The van der Waals surface area contributed by atoms with Crippen LogP contribution in [0.25, 0.3) is 11.8 Å². The molecule has 204 valence electrons. The number of hydrogen-bond donors (Lipinski definition) is 0. The second-order valence-electron chi connectivity index (χ2n) is 8.73. The van der Waals surface area contributed by atoms with Crippen LogP contribution in [0.5, 0.6) is 11.5 Å². The number of rotatable bonds is 10. The van der Waals surface area contributed by atoms with E-state index >= 15 is 0 Å². The zero-order valence-corrected chi connectivity index (χ0v) is 22.9. The Bertz CT molecular complexity index is 1610. The quantitative estimate of drug-likeness (QED) is 0.211. The lowest BCUT2D eigenvalue weighted by Gasteiger charge is -2.23. The van der Waals surface area contributed by atoms with Crippen molar-refractivity contribution in [3.63, 3.8) is 0 Å². The number of ether oxygens (including phenoxy) is 3. The second kappa shape index (κ2) is 12.1. The van der Waals surface area contributed by atoms with Gasteiger partial charge in [-0.15, -0.1) is 0 Å². The lowest BCUT2D eigenvalue weighted by atomic mass is 9.94. The van der Waals surface area contributed by atoms with Crippen LogP contribution in [0.4, 0.5) is 5.69 Å². The number of esters is 1. The summed E-state index contributed by atoms with van der Waals surface area (Å²) in [6.45, 7) is 5.54. The molecule has 1 atom stereocenters. The highest BCUT2D eigenvalue weighted by atomic mass is 32.1. The molecule has 0 unspecified atom stereocenters. The van der Waals surface area contributed by atoms with E-state index < -0.39 is 16.9 Å². The first-order valence-corrected chi connectivity index (χ1v) is 13.3. The molecule has 1 aliphatic heterocycles. The highest BCUT2D eigenvalue weighted by Gasteiger charge is 2.36. The average molecular weight is 552 g/mol. The minimum atomic E-state index is -1.10. The lowest BCUT2D eigenvalue weighted by Crippen LogP contribution is -2.35. The van der Waals surface area contributed by atoms with Crippen molar-refractivity contribution in [3.05, 3.63) is 89.0 Å². The summed E-state index contributed by atoms with van der Waals surface area (Å²) in [5.74, 6) is -0.284. The lowest BCUT2D eigenvalue weighted by molar-refractivity contribution is -0.385. The van der Waals surface area contributed by atoms with Crippen molar-refractivity contribution in [1.29, 1.82) is 0 Å². The SMILES string of the molecule is CCC/C=c1\sc2n(c1=O)C(C)=C(C(=O)OCC)[C@H](c1cc(OC)c(OCc3ccccc3)cc1[N+](=O)[O-])N=2. The molecule has 39 heavy (non-hydrogen) atoms. The predicted molar refractivity (Wildman–Crippen MR) is 147 cm³/mol. The molecular weight excluding hydrogens is 522 g/mol. The number of hydrogen-bond acceptors (Lipinski definition) is 9. The Labute approximate surface area is 228 Å². The first-order chi connectivity index (χ1) is 18.8. The van der Waals surface area contributed by atoms with Gasteiger partial charge < -0.3 is 14.2 Å². The van der Waals surface area contributed by atoms with Gasteiger partial charge in [-0.05, 0) is 31.9 Å². The van der Waals surface area contributed by atoms with Crippen molar-refractivity contribution in [2.45, 2.75) is 46.3 Å². The van der Waals surface area contributed by atoms with Gasteiger partial charge in [-0.2, -0.15) is 0 Å². The number of thiazole rings is 1. The summed E-state index contributed by atoms with van der Waals surface area (Å²) in [5, 5.41) is 12.3. The zero-order chi connectivity index (χ0) is 28.1. The van der Waals surface area contributed by atoms with Gasteiger partial charge in [0.2, 0.25) is 0 Å². The summed E-state index contributed by atoms with van der Waals surface area (Å²) in [6.07, 6.45) is 3.41. The Kier molecular flexibility index (Phi) is 8.60. The van der Waals surface area contributed by atoms with Crippen molar-refractivity contribution in [1.82, 2.24) is 4.57 Å². The summed E-state index contributed by atoms with van der Waals surface area (Å²) < 4.78 is 18.6. The molecule has 10 nitrogen and oxygen atoms in total. The maximum atomic E-state index is 13.2. The van der Waals surface area contributed by atoms with Gasteiger partial charge in [0.1, 0.15) is 12.6 Å². The number of nitro groups is 1. The standard InChI is InChI=1S/C28H29N3O7S/c1-5-7-13-23-26(32)30-17(3)24(27(33)37-6-2)25(29-28(30)39-23)19-14-21(36-4)22(15-20(19)31(34)35)38-16-18-11-9-8-10-12-18/h8-15,25H,5-7,16H2,1-4H3/b23-13-/t25-/m0/s1. The van der Waals surface area contributed by atoms with Gasteiger partial charge in [0.25, 0.3) is 11.2 Å². The summed E-state index contributed by atoms with van der Waals surface area (Å²) in [4.78, 5) is 43.1. The fourth-order valence-corrected chi connectivity index (χ4v) is 5.35. The van der Waals surface area contributed by atoms with Crippen LogP contribution in [0.2, 0.25) is 0 Å². The number of carbonyl (C=O) groups is 1. The third-order valence-corrected chi connectivity index (χ3v) is 7.23. The first-order valence-electron chi connectivity index (χ1n) is 12.5. The van der Waals surface area contributed by atoms with Gasteiger partial charge in [-0.1, -0.05) is 61.1 Å². The van der Waals surface area contributed by atoms with Crippen LogP contribution < -0.4 is 24.4 Å². The van der Waals surface area contributed by atoms with E-state index in [4.69, 9.17) is 14.2 Å². The molecule has 0 radical (unpaired) electrons. The summed E-state index contributed by atoms with van der Waals surface area (Å²) in [6, 6.07) is 11.0. The zero-order valence-electron chi connectivity index (χ0n) is 22.1. The fourth-order valence-electron chi connectivity index (χ4n) is 4.31. The Hall–Kier alpha value is -4.25. The van der Waals surface area contributed by atoms with Crippen molar-refractivity contribution in [2.75, 3.05) is 13.7 Å². The molecular formula is C28H29N3O7S. The summed E-state index contributed by atoms with van der Waals surface area (Å²) >= 11 is 1.18. The molecule has 0 saturated carbocycles. The van der Waals surface area contributed by atoms with Crippen molar-refractivity contribution in [3.8, 4) is 11.5 Å². The summed E-state index contributed by atoms with van der Waals surface area (Å²) in [5.41, 5.74) is 0.780. The van der Waals surface area contributed by atoms with Crippen LogP contribution in [-0.2, 0) is 16.1 Å². The minimum Gasteiger partial charge on any atom is -0.493 e. The molecule has 1 aliphatic rings. The largest absolute Gasteiger partial charge is 0.493 e. The molecule has 0 N–H and O–H groups in total. The molecule has 4 rings (SSSR count). The van der Waals surface area contributed by atoms with Crippen LogP contribution in [-0.4, -0.2) is 29.2 Å². The molecule has 11 heteroatoms. The van der Waals surface area contributed by atoms with E-state index in [1.807, 2.05) is 43.3 Å². The van der Waals surface area contributed by atoms with Crippen LogP contribution in [0, 0.1) is 10.1 Å². The van der Waals surface area contributed by atoms with E-state index in [1.54, 1.807) is 13.8 Å². The first kappa shape index (κ1) is 27.8. The second-order valence-corrected chi connectivity index (χ2v) is 9.74. The Morgan fingerprint density at radius 2 is 1.95 bits per heavy atom.